The Bertz CT molecular complexity index is 524. The van der Waals surface area contributed by atoms with Gasteiger partial charge in [0.2, 0.25) is 11.8 Å². The Morgan fingerprint density at radius 1 is 1.55 bits per heavy atom. The topological polar surface area (TPSA) is 53.5 Å². The molecule has 2 amide bonds. The van der Waals surface area contributed by atoms with Gasteiger partial charge in [-0.15, -0.1) is 11.3 Å². The molecule has 1 saturated carbocycles. The van der Waals surface area contributed by atoms with Crippen LogP contribution in [0.3, 0.4) is 0 Å². The molecule has 6 heteroatoms. The number of hydrogen-bond donors (Lipinski definition) is 0. The lowest BCUT2D eigenvalue weighted by Gasteiger charge is -2.19. The molecule has 1 aromatic heterocycles. The van der Waals surface area contributed by atoms with E-state index in [0.717, 1.165) is 43.2 Å². The second kappa shape index (κ2) is 5.52. The van der Waals surface area contributed by atoms with Crippen LogP contribution in [0.25, 0.3) is 0 Å². The first-order chi connectivity index (χ1) is 9.69. The number of carbonyl (C=O) groups excluding carboxylic acids is 2. The molecule has 5 nitrogen and oxygen atoms in total. The maximum absolute atomic E-state index is 12.2. The fraction of sp³-hybridized carbons (Fsp3) is 0.643. The summed E-state index contributed by atoms with van der Waals surface area (Å²) >= 11 is 1.46. The Morgan fingerprint density at radius 3 is 2.95 bits per heavy atom. The highest BCUT2D eigenvalue weighted by molar-refractivity contribution is 7.14. The molecule has 2 aliphatic rings. The zero-order valence-corrected chi connectivity index (χ0v) is 12.5. The van der Waals surface area contributed by atoms with Crippen LogP contribution in [0.2, 0.25) is 0 Å². The summed E-state index contributed by atoms with van der Waals surface area (Å²) in [6, 6.07) is 0.450. The highest BCUT2D eigenvalue weighted by atomic mass is 32.1. The van der Waals surface area contributed by atoms with Gasteiger partial charge in [0, 0.05) is 30.9 Å². The zero-order chi connectivity index (χ0) is 14.1. The summed E-state index contributed by atoms with van der Waals surface area (Å²) in [7, 11) is 0. The smallest absolute Gasteiger partial charge is 0.228 e. The van der Waals surface area contributed by atoms with Crippen molar-refractivity contribution in [2.45, 2.75) is 45.1 Å². The lowest BCUT2D eigenvalue weighted by Crippen LogP contribution is -2.34. The molecular formula is C14H19N3O2S. The van der Waals surface area contributed by atoms with Gasteiger partial charge < -0.3 is 4.90 Å². The van der Waals surface area contributed by atoms with Gasteiger partial charge in [-0.25, -0.2) is 4.98 Å². The van der Waals surface area contributed by atoms with Crippen molar-refractivity contribution in [1.82, 2.24) is 9.88 Å². The Hall–Kier alpha value is -1.43. The van der Waals surface area contributed by atoms with Crippen molar-refractivity contribution in [3.05, 3.63) is 11.1 Å². The lowest BCUT2D eigenvalue weighted by molar-refractivity contribution is -0.130. The van der Waals surface area contributed by atoms with Crippen LogP contribution in [-0.2, 0) is 16.0 Å². The number of aromatic nitrogens is 1. The van der Waals surface area contributed by atoms with E-state index in [1.807, 2.05) is 17.2 Å². The summed E-state index contributed by atoms with van der Waals surface area (Å²) in [6.45, 7) is 3.54. The molecule has 0 unspecified atom stereocenters. The lowest BCUT2D eigenvalue weighted by atomic mass is 10.3. The maximum atomic E-state index is 12.2. The van der Waals surface area contributed by atoms with Crippen molar-refractivity contribution in [3.8, 4) is 0 Å². The molecule has 0 spiro atoms. The van der Waals surface area contributed by atoms with E-state index in [1.165, 1.54) is 11.3 Å². The van der Waals surface area contributed by atoms with Gasteiger partial charge in [0.1, 0.15) is 0 Å². The van der Waals surface area contributed by atoms with Crippen LogP contribution in [0.5, 0.6) is 0 Å². The van der Waals surface area contributed by atoms with E-state index in [0.29, 0.717) is 18.9 Å². The number of amides is 2. The first-order valence-electron chi connectivity index (χ1n) is 7.23. The normalized spacial score (nSPS) is 18.6. The fourth-order valence-electron chi connectivity index (χ4n) is 2.63. The van der Waals surface area contributed by atoms with Gasteiger partial charge in [0.15, 0.2) is 5.13 Å². The number of thiazole rings is 1. The van der Waals surface area contributed by atoms with Gasteiger partial charge in [-0.05, 0) is 26.2 Å². The van der Waals surface area contributed by atoms with Crippen molar-refractivity contribution in [2.24, 2.45) is 0 Å². The monoisotopic (exact) mass is 293 g/mol. The second-order valence-electron chi connectivity index (χ2n) is 5.36. The van der Waals surface area contributed by atoms with E-state index in [-0.39, 0.29) is 11.8 Å². The van der Waals surface area contributed by atoms with Crippen molar-refractivity contribution >= 4 is 28.3 Å². The first-order valence-corrected chi connectivity index (χ1v) is 8.11. The standard InChI is InChI=1S/C14H19N3O2S/c1-2-16(11-5-6-11)13(19)8-10-9-20-14(15-10)17-7-3-4-12(17)18/h9,11H,2-8H2,1H3. The van der Waals surface area contributed by atoms with Gasteiger partial charge >= 0.3 is 0 Å². The fourth-order valence-corrected chi connectivity index (χ4v) is 3.50. The molecule has 2 heterocycles. The van der Waals surface area contributed by atoms with Gasteiger partial charge in [0.05, 0.1) is 12.1 Å². The van der Waals surface area contributed by atoms with E-state index in [9.17, 15) is 9.59 Å². The van der Waals surface area contributed by atoms with Crippen LogP contribution in [0.4, 0.5) is 5.13 Å². The van der Waals surface area contributed by atoms with E-state index in [1.54, 1.807) is 4.90 Å². The predicted molar refractivity (Wildman–Crippen MR) is 77.8 cm³/mol. The average Bonchev–Trinajstić information content (AvgIpc) is 2.98. The molecule has 0 N–H and O–H groups in total. The Balaban J connectivity index is 1.64. The number of anilines is 1. The molecule has 0 bridgehead atoms. The van der Waals surface area contributed by atoms with E-state index >= 15 is 0 Å². The minimum Gasteiger partial charge on any atom is -0.340 e. The largest absolute Gasteiger partial charge is 0.340 e. The van der Waals surface area contributed by atoms with E-state index < -0.39 is 0 Å². The Kier molecular flexibility index (Phi) is 3.74. The number of likely N-dealkylation sites (N-methyl/N-ethyl adjacent to an activating group) is 1. The van der Waals surface area contributed by atoms with Gasteiger partial charge in [-0.1, -0.05) is 0 Å². The minimum absolute atomic E-state index is 0.144. The van der Waals surface area contributed by atoms with Crippen LogP contribution in [0.1, 0.15) is 38.3 Å². The predicted octanol–water partition coefficient (Wildman–Crippen LogP) is 1.82. The Morgan fingerprint density at radius 2 is 2.35 bits per heavy atom. The molecule has 0 atom stereocenters. The molecular weight excluding hydrogens is 274 g/mol. The molecule has 3 rings (SSSR count). The van der Waals surface area contributed by atoms with Crippen LogP contribution in [0, 0.1) is 0 Å². The molecule has 0 aromatic carbocycles. The summed E-state index contributed by atoms with van der Waals surface area (Å²) in [5.41, 5.74) is 0.786. The van der Waals surface area contributed by atoms with E-state index in [4.69, 9.17) is 0 Å². The molecule has 20 heavy (non-hydrogen) atoms. The second-order valence-corrected chi connectivity index (χ2v) is 6.19. The highest BCUT2D eigenvalue weighted by Gasteiger charge is 2.31. The average molecular weight is 293 g/mol. The third-order valence-electron chi connectivity index (χ3n) is 3.82. The van der Waals surface area contributed by atoms with Crippen LogP contribution in [-0.4, -0.2) is 40.8 Å². The van der Waals surface area contributed by atoms with Gasteiger partial charge in [-0.2, -0.15) is 0 Å². The van der Waals surface area contributed by atoms with Gasteiger partial charge in [0.25, 0.3) is 0 Å². The SMILES string of the molecule is CCN(C(=O)Cc1csc(N2CCCC2=O)n1)C1CC1. The maximum Gasteiger partial charge on any atom is 0.228 e. The molecule has 1 saturated heterocycles. The van der Waals surface area contributed by atoms with Crippen LogP contribution >= 0.6 is 11.3 Å². The van der Waals surface area contributed by atoms with Crippen LogP contribution in [0.15, 0.2) is 5.38 Å². The number of carbonyl (C=O) groups is 2. The minimum atomic E-state index is 0.144. The van der Waals surface area contributed by atoms with Gasteiger partial charge in [-0.3, -0.25) is 14.5 Å². The first kappa shape index (κ1) is 13.5. The van der Waals surface area contributed by atoms with Crippen LogP contribution < -0.4 is 4.90 Å². The summed E-state index contributed by atoms with van der Waals surface area (Å²) < 4.78 is 0. The number of nitrogens with zero attached hydrogens (tertiary/aromatic N) is 3. The zero-order valence-electron chi connectivity index (χ0n) is 11.7. The molecule has 0 radical (unpaired) electrons. The third-order valence-corrected chi connectivity index (χ3v) is 4.74. The number of rotatable bonds is 5. The third kappa shape index (κ3) is 2.70. The summed E-state index contributed by atoms with van der Waals surface area (Å²) in [6.07, 6.45) is 4.12. The van der Waals surface area contributed by atoms with Crippen molar-refractivity contribution in [1.29, 1.82) is 0 Å². The Labute approximate surface area is 122 Å². The van der Waals surface area contributed by atoms with Crippen molar-refractivity contribution in [2.75, 3.05) is 18.0 Å². The molecule has 108 valence electrons. The highest BCUT2D eigenvalue weighted by Crippen LogP contribution is 2.28. The quantitative estimate of drug-likeness (QED) is 0.832. The van der Waals surface area contributed by atoms with E-state index in [2.05, 4.69) is 4.98 Å². The number of hydrogen-bond acceptors (Lipinski definition) is 4. The molecule has 1 aromatic rings. The molecule has 1 aliphatic carbocycles. The van der Waals surface area contributed by atoms with Crippen molar-refractivity contribution in [3.63, 3.8) is 0 Å². The summed E-state index contributed by atoms with van der Waals surface area (Å²) in [5.74, 6) is 0.296. The molecule has 2 fully saturated rings. The summed E-state index contributed by atoms with van der Waals surface area (Å²) in [4.78, 5) is 32.0. The molecule has 1 aliphatic heterocycles. The van der Waals surface area contributed by atoms with Crippen molar-refractivity contribution < 1.29 is 9.59 Å². The summed E-state index contributed by atoms with van der Waals surface area (Å²) in [5, 5.41) is 2.64.